The molecule has 2 heterocycles. The van der Waals surface area contributed by atoms with E-state index in [1.165, 1.54) is 0 Å². The minimum absolute atomic E-state index is 0.0202. The van der Waals surface area contributed by atoms with Crippen molar-refractivity contribution >= 4 is 17.4 Å². The summed E-state index contributed by atoms with van der Waals surface area (Å²) in [6, 6.07) is 9.26. The largest absolute Gasteiger partial charge is 0.444 e. The van der Waals surface area contributed by atoms with Crippen LogP contribution < -0.4 is 10.6 Å². The van der Waals surface area contributed by atoms with E-state index in [1.54, 1.807) is 23.1 Å². The summed E-state index contributed by atoms with van der Waals surface area (Å²) in [4.78, 5) is 28.4. The normalized spacial score (nSPS) is 26.7. The van der Waals surface area contributed by atoms with E-state index in [2.05, 4.69) is 12.6 Å². The highest BCUT2D eigenvalue weighted by Crippen LogP contribution is 2.55. The average Bonchev–Trinajstić information content (AvgIpc) is 2.85. The molecule has 6 nitrogen and oxygen atoms in total. The van der Waals surface area contributed by atoms with Gasteiger partial charge in [-0.3, -0.25) is 9.59 Å². The van der Waals surface area contributed by atoms with Gasteiger partial charge >= 0.3 is 0 Å². The second-order valence-electron chi connectivity index (χ2n) is 7.16. The topological polar surface area (TPSA) is 96.4 Å². The molecule has 27 heavy (non-hydrogen) atoms. The monoisotopic (exact) mass is 361 g/mol. The van der Waals surface area contributed by atoms with Gasteiger partial charge in [0.1, 0.15) is 22.8 Å². The van der Waals surface area contributed by atoms with Crippen molar-refractivity contribution in [1.29, 1.82) is 5.26 Å². The number of benzene rings is 1. The molecule has 0 saturated carbocycles. The molecule has 6 heteroatoms. The fourth-order valence-corrected chi connectivity index (χ4v) is 4.45. The van der Waals surface area contributed by atoms with E-state index in [0.717, 1.165) is 0 Å². The first kappa shape index (κ1) is 17.1. The summed E-state index contributed by atoms with van der Waals surface area (Å²) in [5.41, 5.74) is 6.03. The van der Waals surface area contributed by atoms with Gasteiger partial charge in [-0.2, -0.15) is 5.26 Å². The van der Waals surface area contributed by atoms with Crippen molar-refractivity contribution in [3.05, 3.63) is 65.3 Å². The highest BCUT2D eigenvalue weighted by Gasteiger charge is 2.62. The van der Waals surface area contributed by atoms with Crippen LogP contribution in [0.4, 0.5) is 5.69 Å². The van der Waals surface area contributed by atoms with Crippen molar-refractivity contribution < 1.29 is 14.3 Å². The van der Waals surface area contributed by atoms with Gasteiger partial charge < -0.3 is 15.4 Å². The third kappa shape index (κ3) is 2.05. The number of allylic oxidation sites excluding steroid dienone is 1. The van der Waals surface area contributed by atoms with Gasteiger partial charge in [-0.1, -0.05) is 31.2 Å². The number of anilines is 1. The van der Waals surface area contributed by atoms with Crippen LogP contribution in [0.2, 0.25) is 0 Å². The van der Waals surface area contributed by atoms with Crippen LogP contribution in [0, 0.1) is 17.2 Å². The molecule has 3 aliphatic rings. The Hall–Kier alpha value is -3.33. The second kappa shape index (κ2) is 5.85. The van der Waals surface area contributed by atoms with Crippen LogP contribution in [-0.4, -0.2) is 18.2 Å². The number of rotatable bonds is 2. The Morgan fingerprint density at radius 3 is 2.85 bits per heavy atom. The molecule has 0 fully saturated rings. The van der Waals surface area contributed by atoms with Gasteiger partial charge in [0, 0.05) is 30.6 Å². The van der Waals surface area contributed by atoms with Crippen molar-refractivity contribution in [3.63, 3.8) is 0 Å². The molecule has 2 aliphatic heterocycles. The molecule has 1 spiro atoms. The van der Waals surface area contributed by atoms with Crippen LogP contribution in [0.1, 0.15) is 25.3 Å². The molecular formula is C21H19N3O3. The Labute approximate surface area is 157 Å². The average molecular weight is 361 g/mol. The van der Waals surface area contributed by atoms with Gasteiger partial charge in [-0.25, -0.2) is 0 Å². The number of ether oxygens (including phenoxy) is 1. The number of hydrogen-bond donors (Lipinski definition) is 1. The van der Waals surface area contributed by atoms with Crippen LogP contribution in [0.25, 0.3) is 0 Å². The van der Waals surface area contributed by atoms with E-state index in [1.807, 2.05) is 19.1 Å². The lowest BCUT2D eigenvalue weighted by Gasteiger charge is -2.38. The van der Waals surface area contributed by atoms with Gasteiger partial charge in [0.05, 0.1) is 5.57 Å². The molecule has 1 aromatic carbocycles. The van der Waals surface area contributed by atoms with E-state index in [4.69, 9.17) is 10.5 Å². The first-order valence-corrected chi connectivity index (χ1v) is 8.84. The van der Waals surface area contributed by atoms with Crippen molar-refractivity contribution in [2.75, 3.05) is 11.4 Å². The van der Waals surface area contributed by atoms with E-state index < -0.39 is 5.41 Å². The lowest BCUT2D eigenvalue weighted by atomic mass is 9.64. The maximum absolute atomic E-state index is 13.7. The summed E-state index contributed by atoms with van der Waals surface area (Å²) in [5.74, 6) is -0.157. The molecule has 1 aliphatic carbocycles. The summed E-state index contributed by atoms with van der Waals surface area (Å²) >= 11 is 0. The highest BCUT2D eigenvalue weighted by atomic mass is 16.5. The molecule has 0 radical (unpaired) electrons. The number of Topliss-reactive ketones (excluding diaryl/α,β-unsaturated/α-hetero) is 1. The van der Waals surface area contributed by atoms with E-state index >= 15 is 0 Å². The number of ketones is 1. The minimum atomic E-state index is -1.54. The standard InChI is InChI=1S/C21H19N3O3/c1-3-8-24-15-7-5-4-6-13(15)21(20(24)26)14(11-22)19(23)27-17-10-12(2)9-16(25)18(17)21/h3-7,12H,1,8-10,23H2,2H3. The Kier molecular flexibility index (Phi) is 3.70. The summed E-state index contributed by atoms with van der Waals surface area (Å²) < 4.78 is 5.68. The quantitative estimate of drug-likeness (QED) is 0.816. The first-order chi connectivity index (χ1) is 13.0. The van der Waals surface area contributed by atoms with Crippen LogP contribution >= 0.6 is 0 Å². The molecule has 136 valence electrons. The molecule has 0 saturated heterocycles. The number of nitrogens with zero attached hydrogens (tertiary/aromatic N) is 2. The van der Waals surface area contributed by atoms with Gasteiger partial charge in [-0.15, -0.1) is 6.58 Å². The molecule has 2 atom stereocenters. The van der Waals surface area contributed by atoms with Crippen LogP contribution in [-0.2, 0) is 19.7 Å². The number of amides is 1. The molecule has 4 rings (SSSR count). The molecule has 2 N–H and O–H groups in total. The lowest BCUT2D eigenvalue weighted by molar-refractivity contribution is -0.125. The Morgan fingerprint density at radius 2 is 2.15 bits per heavy atom. The van der Waals surface area contributed by atoms with Gasteiger partial charge in [0.15, 0.2) is 5.78 Å². The minimum Gasteiger partial charge on any atom is -0.444 e. The summed E-state index contributed by atoms with van der Waals surface area (Å²) in [6.45, 7) is 5.94. The zero-order valence-electron chi connectivity index (χ0n) is 15.0. The third-order valence-electron chi connectivity index (χ3n) is 5.44. The molecule has 2 unspecified atom stereocenters. The Balaban J connectivity index is 2.10. The lowest BCUT2D eigenvalue weighted by Crippen LogP contribution is -2.49. The molecule has 0 bridgehead atoms. The zero-order chi connectivity index (χ0) is 19.3. The predicted molar refractivity (Wildman–Crippen MR) is 99.0 cm³/mol. The summed E-state index contributed by atoms with van der Waals surface area (Å²) in [5, 5.41) is 9.88. The molecular weight excluding hydrogens is 342 g/mol. The van der Waals surface area contributed by atoms with Crippen molar-refractivity contribution in [2.24, 2.45) is 11.7 Å². The number of para-hydroxylation sites is 1. The smallest absolute Gasteiger partial charge is 0.248 e. The fraction of sp³-hybridized carbons (Fsp3) is 0.286. The number of hydrogen-bond acceptors (Lipinski definition) is 5. The van der Waals surface area contributed by atoms with E-state index in [0.29, 0.717) is 29.9 Å². The zero-order valence-corrected chi connectivity index (χ0v) is 15.0. The van der Waals surface area contributed by atoms with Crippen LogP contribution in [0.3, 0.4) is 0 Å². The fourth-order valence-electron chi connectivity index (χ4n) is 4.45. The molecule has 1 aromatic rings. The van der Waals surface area contributed by atoms with E-state index in [9.17, 15) is 14.9 Å². The first-order valence-electron chi connectivity index (χ1n) is 8.84. The number of nitriles is 1. The third-order valence-corrected chi connectivity index (χ3v) is 5.44. The highest BCUT2D eigenvalue weighted by molar-refractivity contribution is 6.20. The molecule has 0 aromatic heterocycles. The number of nitrogens with two attached hydrogens (primary N) is 1. The number of carbonyl (C=O) groups excluding carboxylic acids is 2. The van der Waals surface area contributed by atoms with Crippen LogP contribution in [0.5, 0.6) is 0 Å². The summed E-state index contributed by atoms with van der Waals surface area (Å²) in [7, 11) is 0. The van der Waals surface area contributed by atoms with Crippen molar-refractivity contribution in [2.45, 2.75) is 25.2 Å². The number of carbonyl (C=O) groups is 2. The van der Waals surface area contributed by atoms with Crippen molar-refractivity contribution in [3.8, 4) is 6.07 Å². The van der Waals surface area contributed by atoms with Gasteiger partial charge in [-0.05, 0) is 12.0 Å². The van der Waals surface area contributed by atoms with Gasteiger partial charge in [0.2, 0.25) is 11.8 Å². The maximum Gasteiger partial charge on any atom is 0.248 e. The van der Waals surface area contributed by atoms with Crippen LogP contribution in [0.15, 0.2) is 59.7 Å². The van der Waals surface area contributed by atoms with E-state index in [-0.39, 0.29) is 41.2 Å². The second-order valence-corrected chi connectivity index (χ2v) is 7.16. The summed E-state index contributed by atoms with van der Waals surface area (Å²) in [6.07, 6.45) is 2.42. The Bertz CT molecular complexity index is 998. The number of fused-ring (bicyclic) bond motifs is 3. The van der Waals surface area contributed by atoms with Gasteiger partial charge in [0.25, 0.3) is 0 Å². The Morgan fingerprint density at radius 1 is 1.41 bits per heavy atom. The predicted octanol–water partition coefficient (Wildman–Crippen LogP) is 2.43. The van der Waals surface area contributed by atoms with Crippen molar-refractivity contribution in [1.82, 2.24) is 0 Å². The molecule has 1 amide bonds. The maximum atomic E-state index is 13.7. The SMILES string of the molecule is C=CCN1C(=O)C2(C(C#N)=C(N)OC3=C2C(=O)CC(C)C3)c2ccccc21.